The third-order valence-electron chi connectivity index (χ3n) is 2.46. The first kappa shape index (κ1) is 12.7. The number of nitrogens with zero attached hydrogens (tertiary/aromatic N) is 3. The summed E-state index contributed by atoms with van der Waals surface area (Å²) >= 11 is 7.12. The molecule has 6 nitrogen and oxygen atoms in total. The van der Waals surface area contributed by atoms with Crippen molar-refractivity contribution in [3.8, 4) is 6.07 Å². The smallest absolute Gasteiger partial charge is 0.263 e. The zero-order valence-electron chi connectivity index (χ0n) is 9.31. The van der Waals surface area contributed by atoms with Gasteiger partial charge in [-0.15, -0.1) is 11.3 Å². The van der Waals surface area contributed by atoms with Crippen LogP contribution < -0.4 is 11.1 Å². The maximum Gasteiger partial charge on any atom is 0.263 e. The van der Waals surface area contributed by atoms with Gasteiger partial charge < -0.3 is 16.0 Å². The summed E-state index contributed by atoms with van der Waals surface area (Å²) in [6.45, 7) is 1.91. The normalized spacial score (nSPS) is 17.2. The molecule has 2 rings (SSSR count). The van der Waals surface area contributed by atoms with E-state index in [9.17, 15) is 4.79 Å². The molecule has 0 spiro atoms. The molecule has 1 aliphatic rings. The van der Waals surface area contributed by atoms with E-state index in [1.807, 2.05) is 11.0 Å². The van der Waals surface area contributed by atoms with E-state index in [0.29, 0.717) is 29.9 Å². The number of primary amides is 1. The van der Waals surface area contributed by atoms with Crippen molar-refractivity contribution in [2.45, 2.75) is 6.54 Å². The molecule has 0 atom stereocenters. The third-order valence-corrected chi connectivity index (χ3v) is 3.56. The maximum atomic E-state index is 11.2. The monoisotopic (exact) mass is 283 g/mol. The van der Waals surface area contributed by atoms with Gasteiger partial charge in [-0.25, -0.2) is 4.98 Å². The molecule has 0 saturated carbocycles. The Kier molecular flexibility index (Phi) is 3.69. The summed E-state index contributed by atoms with van der Waals surface area (Å²) in [6.07, 6.45) is 1.68. The van der Waals surface area contributed by atoms with Crippen LogP contribution in [0.4, 0.5) is 0 Å². The molecule has 0 aromatic carbocycles. The van der Waals surface area contributed by atoms with Gasteiger partial charge in [0.1, 0.15) is 11.9 Å². The Morgan fingerprint density at radius 3 is 3.11 bits per heavy atom. The zero-order chi connectivity index (χ0) is 13.1. The van der Waals surface area contributed by atoms with Crippen LogP contribution in [0.2, 0.25) is 4.47 Å². The Balaban J connectivity index is 2.23. The van der Waals surface area contributed by atoms with Crippen LogP contribution in [0.25, 0.3) is 0 Å². The zero-order valence-corrected chi connectivity index (χ0v) is 10.9. The lowest BCUT2D eigenvalue weighted by Crippen LogP contribution is -2.26. The molecule has 3 N–H and O–H groups in total. The van der Waals surface area contributed by atoms with E-state index >= 15 is 0 Å². The van der Waals surface area contributed by atoms with Crippen molar-refractivity contribution in [3.63, 3.8) is 0 Å². The Bertz CT molecular complexity index is 547. The van der Waals surface area contributed by atoms with Crippen molar-refractivity contribution < 1.29 is 4.79 Å². The van der Waals surface area contributed by atoms with E-state index in [1.54, 1.807) is 6.20 Å². The average molecular weight is 284 g/mol. The van der Waals surface area contributed by atoms with E-state index in [2.05, 4.69) is 10.3 Å². The molecule has 0 aliphatic carbocycles. The van der Waals surface area contributed by atoms with Gasteiger partial charge in [0.05, 0.1) is 6.54 Å². The summed E-state index contributed by atoms with van der Waals surface area (Å²) in [4.78, 5) is 18.0. The van der Waals surface area contributed by atoms with E-state index in [0.717, 1.165) is 4.88 Å². The Hall–Kier alpha value is -1.78. The molecule has 1 fully saturated rings. The van der Waals surface area contributed by atoms with Gasteiger partial charge in [-0.3, -0.25) is 4.79 Å². The molecular formula is C10H10ClN5OS. The molecule has 2 heterocycles. The van der Waals surface area contributed by atoms with Gasteiger partial charge in [0, 0.05) is 24.2 Å². The van der Waals surface area contributed by atoms with Crippen LogP contribution in [0.1, 0.15) is 4.88 Å². The largest absolute Gasteiger partial charge is 0.369 e. The lowest BCUT2D eigenvalue weighted by Gasteiger charge is -2.18. The minimum Gasteiger partial charge on any atom is -0.369 e. The van der Waals surface area contributed by atoms with Crippen molar-refractivity contribution in [1.82, 2.24) is 15.2 Å². The van der Waals surface area contributed by atoms with Gasteiger partial charge in [-0.05, 0) is 0 Å². The van der Waals surface area contributed by atoms with Crippen molar-refractivity contribution in [2.75, 3.05) is 13.1 Å². The molecule has 1 amide bonds. The van der Waals surface area contributed by atoms with Gasteiger partial charge in [0.25, 0.3) is 5.91 Å². The van der Waals surface area contributed by atoms with E-state index < -0.39 is 5.91 Å². The second-order valence-corrected chi connectivity index (χ2v) is 5.32. The van der Waals surface area contributed by atoms with E-state index in [-0.39, 0.29) is 5.57 Å². The summed E-state index contributed by atoms with van der Waals surface area (Å²) < 4.78 is 0.470. The number of hydrogen-bond donors (Lipinski definition) is 2. The van der Waals surface area contributed by atoms with Crippen LogP contribution in [-0.2, 0) is 11.3 Å². The summed E-state index contributed by atoms with van der Waals surface area (Å²) in [6, 6.07) is 1.83. The SMILES string of the molecule is N#C/C(C(N)=O)=C1/NCCN1Cc1cnc(Cl)s1. The minimum absolute atomic E-state index is 0.0527. The number of carbonyl (C=O) groups excluding carboxylic acids is 1. The number of thiazole rings is 1. The third kappa shape index (κ3) is 2.55. The summed E-state index contributed by atoms with van der Waals surface area (Å²) in [5.41, 5.74) is 5.12. The van der Waals surface area contributed by atoms with Crippen LogP contribution in [0.3, 0.4) is 0 Å². The van der Waals surface area contributed by atoms with Crippen LogP contribution in [0.15, 0.2) is 17.6 Å². The highest BCUT2D eigenvalue weighted by atomic mass is 35.5. The Morgan fingerprint density at radius 2 is 2.56 bits per heavy atom. The van der Waals surface area contributed by atoms with Gasteiger partial charge >= 0.3 is 0 Å². The molecule has 94 valence electrons. The van der Waals surface area contributed by atoms with Crippen molar-refractivity contribution >= 4 is 28.8 Å². The topological polar surface area (TPSA) is 95.0 Å². The lowest BCUT2D eigenvalue weighted by molar-refractivity contribution is -0.114. The highest BCUT2D eigenvalue weighted by Crippen LogP contribution is 2.22. The number of nitriles is 1. The standard InChI is InChI=1S/C10H10ClN5OS/c11-10-15-4-6(18-10)5-16-2-1-14-9(16)7(3-12)8(13)17/h4,14H,1-2,5H2,(H2,13,17)/b9-7+. The van der Waals surface area contributed by atoms with Crippen LogP contribution in [0.5, 0.6) is 0 Å². The fourth-order valence-corrected chi connectivity index (χ4v) is 2.70. The average Bonchev–Trinajstić information content (AvgIpc) is 2.90. The van der Waals surface area contributed by atoms with Gasteiger partial charge in [0.2, 0.25) is 0 Å². The molecule has 8 heteroatoms. The molecule has 0 bridgehead atoms. The van der Waals surface area contributed by atoms with Gasteiger partial charge in [-0.1, -0.05) is 11.6 Å². The molecule has 0 radical (unpaired) electrons. The number of rotatable bonds is 3. The fraction of sp³-hybridized carbons (Fsp3) is 0.300. The fourth-order valence-electron chi connectivity index (χ4n) is 1.71. The summed E-state index contributed by atoms with van der Waals surface area (Å²) in [7, 11) is 0. The first-order valence-electron chi connectivity index (χ1n) is 5.15. The number of amides is 1. The number of nitrogens with one attached hydrogen (secondary N) is 1. The second-order valence-electron chi connectivity index (χ2n) is 3.63. The highest BCUT2D eigenvalue weighted by Gasteiger charge is 2.23. The molecule has 0 unspecified atom stereocenters. The molecular weight excluding hydrogens is 274 g/mol. The molecule has 18 heavy (non-hydrogen) atoms. The minimum atomic E-state index is -0.728. The first-order chi connectivity index (χ1) is 8.61. The number of halogens is 1. The van der Waals surface area contributed by atoms with Crippen molar-refractivity contribution in [2.24, 2.45) is 5.73 Å². The van der Waals surface area contributed by atoms with Crippen LogP contribution in [-0.4, -0.2) is 28.9 Å². The Labute approximate surface area is 113 Å². The Morgan fingerprint density at radius 1 is 1.78 bits per heavy atom. The molecule has 1 aliphatic heterocycles. The summed E-state index contributed by atoms with van der Waals surface area (Å²) in [5, 5.41) is 11.9. The van der Waals surface area contributed by atoms with E-state index in [4.69, 9.17) is 22.6 Å². The first-order valence-corrected chi connectivity index (χ1v) is 6.34. The predicted octanol–water partition coefficient (Wildman–Crippen LogP) is 0.422. The molecule has 1 saturated heterocycles. The number of carbonyl (C=O) groups is 1. The van der Waals surface area contributed by atoms with Crippen LogP contribution in [0, 0.1) is 11.3 Å². The second kappa shape index (κ2) is 5.25. The lowest BCUT2D eigenvalue weighted by atomic mass is 10.2. The van der Waals surface area contributed by atoms with Gasteiger partial charge in [-0.2, -0.15) is 5.26 Å². The molecule has 1 aromatic rings. The van der Waals surface area contributed by atoms with Crippen LogP contribution >= 0.6 is 22.9 Å². The summed E-state index contributed by atoms with van der Waals surface area (Å²) in [5.74, 6) is -0.247. The number of hydrogen-bond acceptors (Lipinski definition) is 6. The maximum absolute atomic E-state index is 11.2. The van der Waals surface area contributed by atoms with Crippen molar-refractivity contribution in [1.29, 1.82) is 5.26 Å². The number of aromatic nitrogens is 1. The quantitative estimate of drug-likeness (QED) is 0.619. The number of nitrogens with two attached hydrogens (primary N) is 1. The van der Waals surface area contributed by atoms with E-state index in [1.165, 1.54) is 11.3 Å². The van der Waals surface area contributed by atoms with Crippen molar-refractivity contribution in [3.05, 3.63) is 26.9 Å². The van der Waals surface area contributed by atoms with Gasteiger partial charge in [0.15, 0.2) is 10.0 Å². The predicted molar refractivity (Wildman–Crippen MR) is 67.4 cm³/mol. The molecule has 1 aromatic heterocycles. The highest BCUT2D eigenvalue weighted by molar-refractivity contribution is 7.15.